The molecule has 0 spiro atoms. The van der Waals surface area contributed by atoms with Crippen LogP contribution in [0.15, 0.2) is 30.3 Å². The van der Waals surface area contributed by atoms with Crippen LogP contribution in [0, 0.1) is 5.82 Å². The molecule has 0 aliphatic carbocycles. The van der Waals surface area contributed by atoms with Crippen molar-refractivity contribution in [3.05, 3.63) is 36.1 Å². The molecule has 0 amide bonds. The van der Waals surface area contributed by atoms with Gasteiger partial charge in [-0.3, -0.25) is 0 Å². The summed E-state index contributed by atoms with van der Waals surface area (Å²) in [5.41, 5.74) is 0.969. The first-order valence-corrected chi connectivity index (χ1v) is 4.89. The molecular weight excluding hydrogens is 193 g/mol. The molecule has 0 aliphatic heterocycles. The van der Waals surface area contributed by atoms with Gasteiger partial charge in [0.25, 0.3) is 0 Å². The molecule has 1 aromatic heterocycles. The molecule has 0 N–H and O–H groups in total. The topological polar surface area (TPSA) is 0 Å². The van der Waals surface area contributed by atoms with Crippen LogP contribution in [0.25, 0.3) is 10.4 Å². The van der Waals surface area contributed by atoms with Crippen molar-refractivity contribution in [2.75, 3.05) is 0 Å². The zero-order valence-electron chi connectivity index (χ0n) is 7.33. The summed E-state index contributed by atoms with van der Waals surface area (Å²) in [5, 5.41) is 0. The van der Waals surface area contributed by atoms with Crippen molar-refractivity contribution in [1.29, 1.82) is 0 Å². The molecule has 1 heterocycles. The Morgan fingerprint density at radius 1 is 1.07 bits per heavy atom. The lowest BCUT2D eigenvalue weighted by Gasteiger charge is -2.00. The molecule has 0 unspecified atom stereocenters. The number of hydrogen-bond donors (Lipinski definition) is 0. The molecule has 64 valence electrons. The minimum absolute atomic E-state index is 0.313. The van der Waals surface area contributed by atoms with Crippen molar-refractivity contribution in [3.8, 4) is 10.4 Å². The predicted octanol–water partition coefficient (Wildman–Crippen LogP) is 1.14. The molecule has 14 heavy (non-hydrogen) atoms. The van der Waals surface area contributed by atoms with E-state index in [0.717, 1.165) is 4.88 Å². The van der Waals surface area contributed by atoms with E-state index in [2.05, 4.69) is 0 Å². The third-order valence-electron chi connectivity index (χ3n) is 1.89. The van der Waals surface area contributed by atoms with Gasteiger partial charge in [-0.2, -0.15) is 11.3 Å². The molecule has 0 saturated heterocycles. The van der Waals surface area contributed by atoms with E-state index in [-0.39, 0.29) is 5.82 Å². The number of benzene rings is 1. The van der Waals surface area contributed by atoms with Crippen LogP contribution in [0.5, 0.6) is 0 Å². The van der Waals surface area contributed by atoms with E-state index in [1.54, 1.807) is 24.3 Å². The van der Waals surface area contributed by atoms with Crippen LogP contribution in [0.3, 0.4) is 0 Å². The van der Waals surface area contributed by atoms with E-state index in [1.165, 1.54) is 17.4 Å². The van der Waals surface area contributed by atoms with E-state index in [9.17, 15) is 4.39 Å². The maximum atomic E-state index is 13.4. The average Bonchev–Trinajstić information content (AvgIpc) is 2.51. The maximum Gasteiger partial charge on any atom is 0.131 e. The summed E-state index contributed by atoms with van der Waals surface area (Å²) in [6.07, 6.45) is 0. The highest BCUT2D eigenvalue weighted by molar-refractivity contribution is 7.23. The standard InChI is InChI=1S/C10H5B2FS/c11-6-1-2-7(8(13)5-6)9-3-4-10(12)14-9/h1-5H. The fourth-order valence-electron chi connectivity index (χ4n) is 1.23. The summed E-state index contributed by atoms with van der Waals surface area (Å²) in [7, 11) is 11.0. The van der Waals surface area contributed by atoms with Crippen LogP contribution >= 0.6 is 11.3 Å². The predicted molar refractivity (Wildman–Crippen MR) is 60.5 cm³/mol. The lowest BCUT2D eigenvalue weighted by Crippen LogP contribution is -2.02. The Labute approximate surface area is 88.6 Å². The third kappa shape index (κ3) is 1.75. The Hall–Kier alpha value is -1.02. The summed E-state index contributed by atoms with van der Waals surface area (Å²) >= 11 is 1.36. The molecule has 2 rings (SSSR count). The van der Waals surface area contributed by atoms with Gasteiger partial charge in [-0.05, 0) is 16.9 Å². The lowest BCUT2D eigenvalue weighted by molar-refractivity contribution is 0.633. The van der Waals surface area contributed by atoms with Crippen LogP contribution in [0.1, 0.15) is 0 Å². The first-order chi connectivity index (χ1) is 6.66. The Kier molecular flexibility index (Phi) is 2.46. The second kappa shape index (κ2) is 3.62. The zero-order valence-corrected chi connectivity index (χ0v) is 8.14. The van der Waals surface area contributed by atoms with Crippen LogP contribution < -0.4 is 10.2 Å². The Bertz CT molecular complexity index is 465. The van der Waals surface area contributed by atoms with Gasteiger partial charge in [-0.1, -0.05) is 23.7 Å². The first-order valence-electron chi connectivity index (χ1n) is 4.07. The molecule has 1 aromatic carbocycles. The van der Waals surface area contributed by atoms with Crippen molar-refractivity contribution in [2.45, 2.75) is 0 Å². The van der Waals surface area contributed by atoms with Crippen molar-refractivity contribution < 1.29 is 4.39 Å². The van der Waals surface area contributed by atoms with E-state index in [1.807, 2.05) is 0 Å². The van der Waals surface area contributed by atoms with Crippen molar-refractivity contribution in [2.24, 2.45) is 0 Å². The van der Waals surface area contributed by atoms with Gasteiger partial charge in [0.15, 0.2) is 0 Å². The molecule has 4 radical (unpaired) electrons. The van der Waals surface area contributed by atoms with Gasteiger partial charge >= 0.3 is 0 Å². The summed E-state index contributed by atoms with van der Waals surface area (Å²) in [6, 6.07) is 8.21. The van der Waals surface area contributed by atoms with Gasteiger partial charge in [0.2, 0.25) is 0 Å². The van der Waals surface area contributed by atoms with Crippen LogP contribution in [-0.4, -0.2) is 15.7 Å². The number of halogens is 1. The highest BCUT2D eigenvalue weighted by Crippen LogP contribution is 2.24. The van der Waals surface area contributed by atoms with Crippen molar-refractivity contribution in [1.82, 2.24) is 0 Å². The Morgan fingerprint density at radius 3 is 2.43 bits per heavy atom. The van der Waals surface area contributed by atoms with Gasteiger partial charge in [-0.15, -0.1) is 0 Å². The van der Waals surface area contributed by atoms with Gasteiger partial charge < -0.3 is 0 Å². The summed E-state index contributed by atoms with van der Waals surface area (Å²) in [5.74, 6) is -0.313. The smallest absolute Gasteiger partial charge is 0.131 e. The third-order valence-corrected chi connectivity index (χ3v) is 2.83. The van der Waals surface area contributed by atoms with E-state index in [4.69, 9.17) is 15.7 Å². The maximum absolute atomic E-state index is 13.4. The van der Waals surface area contributed by atoms with E-state index < -0.39 is 0 Å². The van der Waals surface area contributed by atoms with Crippen molar-refractivity contribution >= 4 is 37.3 Å². The van der Waals surface area contributed by atoms with Gasteiger partial charge in [0, 0.05) is 10.4 Å². The normalized spacial score (nSPS) is 10.4. The Balaban J connectivity index is 2.52. The highest BCUT2D eigenvalue weighted by Gasteiger charge is 2.06. The fourth-order valence-corrected chi connectivity index (χ4v) is 2.03. The van der Waals surface area contributed by atoms with Gasteiger partial charge in [0.1, 0.15) is 21.5 Å². The molecule has 0 aliphatic rings. The van der Waals surface area contributed by atoms with Gasteiger partial charge in [0.05, 0.1) is 0 Å². The minimum atomic E-state index is -0.313. The molecule has 0 atom stereocenters. The highest BCUT2D eigenvalue weighted by atomic mass is 32.1. The quantitative estimate of drug-likeness (QED) is 0.602. The van der Waals surface area contributed by atoms with Crippen molar-refractivity contribution in [3.63, 3.8) is 0 Å². The summed E-state index contributed by atoms with van der Waals surface area (Å²) in [4.78, 5) is 0.819. The number of thiophene rings is 1. The van der Waals surface area contributed by atoms with Crippen LogP contribution in [-0.2, 0) is 0 Å². The number of rotatable bonds is 1. The molecule has 0 fully saturated rings. The molecular formula is C10H5B2FS. The molecule has 0 nitrogen and oxygen atoms in total. The monoisotopic (exact) mass is 198 g/mol. The molecule has 2 aromatic rings. The SMILES string of the molecule is [B]c1ccc(-c2ccc([B])s2)c(F)c1. The molecule has 0 bridgehead atoms. The lowest BCUT2D eigenvalue weighted by atomic mass is 9.94. The number of hydrogen-bond acceptors (Lipinski definition) is 1. The Morgan fingerprint density at radius 2 is 1.86 bits per heavy atom. The second-order valence-corrected chi connectivity index (χ2v) is 4.06. The van der Waals surface area contributed by atoms with Gasteiger partial charge in [-0.25, -0.2) is 4.39 Å². The first kappa shape index (κ1) is 9.53. The largest absolute Gasteiger partial charge is 0.206 e. The fraction of sp³-hybridized carbons (Fsp3) is 0. The summed E-state index contributed by atoms with van der Waals surface area (Å²) in [6.45, 7) is 0. The van der Waals surface area contributed by atoms with E-state index >= 15 is 0 Å². The second-order valence-electron chi connectivity index (χ2n) is 2.94. The molecule has 4 heteroatoms. The zero-order chi connectivity index (χ0) is 10.1. The molecule has 0 saturated carbocycles. The summed E-state index contributed by atoms with van der Waals surface area (Å²) < 4.78 is 14.1. The van der Waals surface area contributed by atoms with E-state index in [0.29, 0.717) is 15.8 Å². The average molecular weight is 198 g/mol. The van der Waals surface area contributed by atoms with Crippen LogP contribution in [0.2, 0.25) is 0 Å². The van der Waals surface area contributed by atoms with Crippen LogP contribution in [0.4, 0.5) is 4.39 Å². The minimum Gasteiger partial charge on any atom is -0.206 e.